The van der Waals surface area contributed by atoms with Crippen molar-refractivity contribution in [2.75, 3.05) is 20.3 Å². The number of pyridine rings is 1. The second-order valence-electron chi connectivity index (χ2n) is 9.44. The van der Waals surface area contributed by atoms with Crippen molar-refractivity contribution in [3.05, 3.63) is 88.6 Å². The molecule has 0 saturated heterocycles. The standard InChI is InChI=1S/C30H23F5N2O5/c1-15-17-6-3-4-7-18(17)24(30(33,34)35)25(36-15)19-11-10-16(26-27(19)42-13-12-41-26)14-22(29(39)40-2)37-28(38)23-20(31)8-5-9-21(23)32/h3-11,22H,12-14H2,1-2H3,(H,37,38)/t22-/m0/s1. The topological polar surface area (TPSA) is 86.8 Å². The molecule has 5 rings (SSSR count). The van der Waals surface area contributed by atoms with Gasteiger partial charge in [-0.2, -0.15) is 13.2 Å². The third kappa shape index (κ3) is 5.31. The molecule has 4 aromatic rings. The van der Waals surface area contributed by atoms with Crippen molar-refractivity contribution < 1.29 is 45.8 Å². The van der Waals surface area contributed by atoms with Gasteiger partial charge < -0.3 is 19.5 Å². The molecule has 0 aliphatic carbocycles. The van der Waals surface area contributed by atoms with Crippen molar-refractivity contribution in [2.24, 2.45) is 0 Å². The fraction of sp³-hybridized carbons (Fsp3) is 0.233. The Morgan fingerprint density at radius 2 is 1.60 bits per heavy atom. The number of carbonyl (C=O) groups is 2. The van der Waals surface area contributed by atoms with E-state index in [4.69, 9.17) is 14.2 Å². The number of aromatic nitrogens is 1. The zero-order chi connectivity index (χ0) is 30.2. The number of hydrogen-bond donors (Lipinski definition) is 1. The molecule has 1 aliphatic rings. The number of carbonyl (C=O) groups excluding carboxylic acids is 2. The van der Waals surface area contributed by atoms with E-state index in [9.17, 15) is 31.5 Å². The minimum absolute atomic E-state index is 0.0155. The molecule has 7 nitrogen and oxygen atoms in total. The van der Waals surface area contributed by atoms with Gasteiger partial charge in [0, 0.05) is 28.6 Å². The second kappa shape index (κ2) is 11.3. The summed E-state index contributed by atoms with van der Waals surface area (Å²) in [6.07, 6.45) is -5.06. The molecule has 3 aromatic carbocycles. The summed E-state index contributed by atoms with van der Waals surface area (Å²) in [5.41, 5.74) is -1.54. The highest BCUT2D eigenvalue weighted by molar-refractivity contribution is 5.97. The number of ether oxygens (including phenoxy) is 3. The van der Waals surface area contributed by atoms with Gasteiger partial charge in [0.25, 0.3) is 5.91 Å². The van der Waals surface area contributed by atoms with Crippen molar-refractivity contribution in [3.63, 3.8) is 0 Å². The number of methoxy groups -OCH3 is 1. The molecule has 0 bridgehead atoms. The number of nitrogens with one attached hydrogen (secondary N) is 1. The molecule has 42 heavy (non-hydrogen) atoms. The lowest BCUT2D eigenvalue weighted by atomic mass is 9.94. The number of nitrogens with zero attached hydrogens (tertiary/aromatic N) is 1. The number of fused-ring (bicyclic) bond motifs is 2. The maximum atomic E-state index is 14.5. The van der Waals surface area contributed by atoms with Gasteiger partial charge in [0.1, 0.15) is 36.5 Å². The van der Waals surface area contributed by atoms with Crippen LogP contribution < -0.4 is 14.8 Å². The average Bonchev–Trinajstić information content (AvgIpc) is 2.95. The van der Waals surface area contributed by atoms with Crippen molar-refractivity contribution in [3.8, 4) is 22.8 Å². The van der Waals surface area contributed by atoms with Crippen molar-refractivity contribution in [1.29, 1.82) is 0 Å². The lowest BCUT2D eigenvalue weighted by molar-refractivity contribution is -0.143. The van der Waals surface area contributed by atoms with E-state index < -0.39 is 46.9 Å². The number of halogens is 5. The first-order valence-corrected chi connectivity index (χ1v) is 12.7. The molecule has 1 amide bonds. The minimum atomic E-state index is -4.76. The van der Waals surface area contributed by atoms with Crippen LogP contribution in [0.3, 0.4) is 0 Å². The van der Waals surface area contributed by atoms with Crippen LogP contribution in [0.4, 0.5) is 22.0 Å². The van der Waals surface area contributed by atoms with E-state index in [1.54, 1.807) is 19.1 Å². The van der Waals surface area contributed by atoms with Gasteiger partial charge in [-0.25, -0.2) is 13.6 Å². The molecule has 0 radical (unpaired) electrons. The van der Waals surface area contributed by atoms with Crippen LogP contribution in [-0.4, -0.2) is 43.2 Å². The Morgan fingerprint density at radius 1 is 0.952 bits per heavy atom. The summed E-state index contributed by atoms with van der Waals surface area (Å²) in [5.74, 6) is -4.38. The quantitative estimate of drug-likeness (QED) is 0.227. The van der Waals surface area contributed by atoms with Crippen molar-refractivity contribution in [1.82, 2.24) is 10.3 Å². The van der Waals surface area contributed by atoms with Gasteiger partial charge in [0.05, 0.1) is 18.4 Å². The second-order valence-corrected chi connectivity index (χ2v) is 9.44. The average molecular weight is 587 g/mol. The number of esters is 1. The summed E-state index contributed by atoms with van der Waals surface area (Å²) in [6, 6.07) is 10.3. The van der Waals surface area contributed by atoms with Crippen LogP contribution in [0.15, 0.2) is 54.6 Å². The van der Waals surface area contributed by atoms with Crippen LogP contribution in [0.5, 0.6) is 11.5 Å². The first-order valence-electron chi connectivity index (χ1n) is 12.7. The van der Waals surface area contributed by atoms with Gasteiger partial charge in [-0.05, 0) is 30.5 Å². The Hall–Kier alpha value is -4.74. The fourth-order valence-corrected chi connectivity index (χ4v) is 4.95. The molecule has 0 saturated carbocycles. The lowest BCUT2D eigenvalue weighted by Gasteiger charge is -2.26. The maximum Gasteiger partial charge on any atom is 0.419 e. The van der Waals surface area contributed by atoms with E-state index in [-0.39, 0.29) is 53.3 Å². The van der Waals surface area contributed by atoms with E-state index in [2.05, 4.69) is 10.3 Å². The van der Waals surface area contributed by atoms with Crippen LogP contribution >= 0.6 is 0 Å². The first kappa shape index (κ1) is 28.8. The van der Waals surface area contributed by atoms with Crippen LogP contribution in [-0.2, 0) is 22.1 Å². The monoisotopic (exact) mass is 586 g/mol. The largest absolute Gasteiger partial charge is 0.486 e. The molecule has 1 N–H and O–H groups in total. The third-order valence-electron chi connectivity index (χ3n) is 6.82. The van der Waals surface area contributed by atoms with Gasteiger partial charge in [-0.1, -0.05) is 36.4 Å². The van der Waals surface area contributed by atoms with E-state index in [1.165, 1.54) is 24.3 Å². The van der Waals surface area contributed by atoms with Gasteiger partial charge in [0.15, 0.2) is 11.5 Å². The number of benzene rings is 3. The predicted octanol–water partition coefficient (Wildman–Crippen LogP) is 5.79. The zero-order valence-corrected chi connectivity index (χ0v) is 22.3. The van der Waals surface area contributed by atoms with Gasteiger partial charge in [0.2, 0.25) is 0 Å². The van der Waals surface area contributed by atoms with E-state index >= 15 is 0 Å². The summed E-state index contributed by atoms with van der Waals surface area (Å²) < 4.78 is 88.1. The summed E-state index contributed by atoms with van der Waals surface area (Å²) in [4.78, 5) is 29.6. The van der Waals surface area contributed by atoms with Crippen LogP contribution in [0, 0.1) is 18.6 Å². The molecule has 1 atom stereocenters. The number of amides is 1. The molecule has 0 fully saturated rings. The van der Waals surface area contributed by atoms with Crippen LogP contribution in [0.2, 0.25) is 0 Å². The molecule has 0 unspecified atom stereocenters. The van der Waals surface area contributed by atoms with Gasteiger partial charge >= 0.3 is 12.1 Å². The maximum absolute atomic E-state index is 14.5. The molecule has 1 aliphatic heterocycles. The Kier molecular flexibility index (Phi) is 7.72. The first-order chi connectivity index (χ1) is 20.0. The molecule has 1 aromatic heterocycles. The summed E-state index contributed by atoms with van der Waals surface area (Å²) in [7, 11) is 1.07. The molecule has 12 heteroatoms. The lowest BCUT2D eigenvalue weighted by Crippen LogP contribution is -2.43. The molecule has 2 heterocycles. The van der Waals surface area contributed by atoms with Crippen molar-refractivity contribution >= 4 is 22.6 Å². The third-order valence-corrected chi connectivity index (χ3v) is 6.82. The molecular formula is C30H23F5N2O5. The van der Waals surface area contributed by atoms with Gasteiger partial charge in [-0.15, -0.1) is 0 Å². The van der Waals surface area contributed by atoms with Gasteiger partial charge in [-0.3, -0.25) is 9.78 Å². The minimum Gasteiger partial charge on any atom is -0.486 e. The van der Waals surface area contributed by atoms with E-state index in [1.807, 2.05) is 0 Å². The van der Waals surface area contributed by atoms with Crippen LogP contribution in [0.1, 0.15) is 27.2 Å². The number of rotatable bonds is 6. The van der Waals surface area contributed by atoms with E-state index in [0.717, 1.165) is 25.3 Å². The Bertz CT molecular complexity index is 1690. The smallest absolute Gasteiger partial charge is 0.419 e. The highest BCUT2D eigenvalue weighted by Gasteiger charge is 2.39. The van der Waals surface area contributed by atoms with E-state index in [0.29, 0.717) is 11.1 Å². The number of alkyl halides is 3. The Morgan fingerprint density at radius 3 is 2.24 bits per heavy atom. The number of aryl methyl sites for hydroxylation is 1. The van der Waals surface area contributed by atoms with Crippen LogP contribution in [0.25, 0.3) is 22.0 Å². The fourth-order valence-electron chi connectivity index (χ4n) is 4.95. The van der Waals surface area contributed by atoms with Crippen molar-refractivity contribution in [2.45, 2.75) is 25.6 Å². The SMILES string of the molecule is COC(=O)[C@H](Cc1ccc(-c2nc(C)c3ccccc3c2C(F)(F)F)c2c1OCCO2)NC(=O)c1c(F)cccc1F. The predicted molar refractivity (Wildman–Crippen MR) is 141 cm³/mol. The molecule has 0 spiro atoms. The highest BCUT2D eigenvalue weighted by atomic mass is 19.4. The zero-order valence-electron chi connectivity index (χ0n) is 22.3. The summed E-state index contributed by atoms with van der Waals surface area (Å²) >= 11 is 0. The molecular weight excluding hydrogens is 563 g/mol. The summed E-state index contributed by atoms with van der Waals surface area (Å²) in [6.45, 7) is 1.68. The summed E-state index contributed by atoms with van der Waals surface area (Å²) in [5, 5.41) is 2.59. The normalized spacial score (nSPS) is 13.5. The Balaban J connectivity index is 1.59. The molecule has 218 valence electrons. The highest BCUT2D eigenvalue weighted by Crippen LogP contribution is 2.48. The Labute approximate surface area is 236 Å². The number of hydrogen-bond acceptors (Lipinski definition) is 6.